The first-order valence-electron chi connectivity index (χ1n) is 2.99. The van der Waals surface area contributed by atoms with Crippen LogP contribution in [0.3, 0.4) is 0 Å². The molecule has 0 aliphatic heterocycles. The molecule has 0 rings (SSSR count). The van der Waals surface area contributed by atoms with E-state index in [-0.39, 0.29) is 6.61 Å². The largest absolute Gasteiger partial charge is 0.394 e. The van der Waals surface area contributed by atoms with E-state index >= 15 is 0 Å². The fourth-order valence-corrected chi connectivity index (χ4v) is 0.385. The Balaban J connectivity index is 3.28. The van der Waals surface area contributed by atoms with Gasteiger partial charge in [-0.15, -0.1) is 0 Å². The third-order valence-electron chi connectivity index (χ3n) is 0.817. The smallest absolute Gasteiger partial charge is 0.300 e. The van der Waals surface area contributed by atoms with Crippen LogP contribution in [0.15, 0.2) is 0 Å². The third-order valence-corrected chi connectivity index (χ3v) is 0.817. The molecule has 0 radical (unpaired) electrons. The minimum Gasteiger partial charge on any atom is -0.394 e. The molecule has 1 atom stereocenters. The van der Waals surface area contributed by atoms with E-state index in [2.05, 4.69) is 4.74 Å². The average molecular weight is 168 g/mol. The van der Waals surface area contributed by atoms with Crippen molar-refractivity contribution in [2.24, 2.45) is 0 Å². The number of aliphatic hydroxyl groups excluding tert-OH is 2. The zero-order valence-electron chi connectivity index (χ0n) is 5.84. The van der Waals surface area contributed by atoms with Gasteiger partial charge in [-0.3, -0.25) is 0 Å². The zero-order valence-corrected chi connectivity index (χ0v) is 5.84. The van der Waals surface area contributed by atoms with Gasteiger partial charge in [0.25, 0.3) is 5.97 Å². The molecule has 0 aromatic carbocycles. The van der Waals surface area contributed by atoms with Gasteiger partial charge in [-0.05, 0) is 0 Å². The van der Waals surface area contributed by atoms with Crippen molar-refractivity contribution in [1.82, 2.24) is 0 Å². The van der Waals surface area contributed by atoms with E-state index in [1.54, 1.807) is 0 Å². The monoisotopic (exact) mass is 168 g/mol. The van der Waals surface area contributed by atoms with Crippen LogP contribution < -0.4 is 0 Å². The topological polar surface area (TPSA) is 110 Å². The quantitative estimate of drug-likeness (QED) is 0.280. The van der Waals surface area contributed by atoms with Crippen LogP contribution in [0.4, 0.5) is 0 Å². The fraction of sp³-hybridized carbons (Fsp3) is 1.00. The molecule has 11 heavy (non-hydrogen) atoms. The van der Waals surface area contributed by atoms with Crippen LogP contribution in [0.25, 0.3) is 0 Å². The second-order valence-electron chi connectivity index (χ2n) is 2.13. The molecule has 0 bridgehead atoms. The van der Waals surface area contributed by atoms with E-state index in [1.165, 1.54) is 0 Å². The van der Waals surface area contributed by atoms with E-state index in [9.17, 15) is 0 Å². The molecule has 6 heteroatoms. The summed E-state index contributed by atoms with van der Waals surface area (Å²) in [6.07, 6.45) is -1.07. The molecule has 0 aromatic heterocycles. The molecular formula is C5H12O6. The van der Waals surface area contributed by atoms with Gasteiger partial charge in [-0.25, -0.2) is 0 Å². The van der Waals surface area contributed by atoms with Crippen molar-refractivity contribution < 1.29 is 30.3 Å². The summed E-state index contributed by atoms with van der Waals surface area (Å²) in [6, 6.07) is 0. The Hall–Kier alpha value is -0.240. The predicted octanol–water partition coefficient (Wildman–Crippen LogP) is -3.01. The minimum absolute atomic E-state index is 0.264. The maximum atomic E-state index is 8.63. The van der Waals surface area contributed by atoms with Gasteiger partial charge in [0.05, 0.1) is 13.2 Å². The van der Waals surface area contributed by atoms with Crippen molar-refractivity contribution in [3.8, 4) is 0 Å². The normalized spacial score (nSPS) is 15.0. The SMILES string of the molecule is OCC(O)COCC(O)(O)O. The van der Waals surface area contributed by atoms with Gasteiger partial charge in [0, 0.05) is 0 Å². The molecule has 0 aliphatic carbocycles. The molecule has 5 N–H and O–H groups in total. The van der Waals surface area contributed by atoms with Crippen molar-refractivity contribution in [1.29, 1.82) is 0 Å². The van der Waals surface area contributed by atoms with Gasteiger partial charge in [0.15, 0.2) is 0 Å². The highest BCUT2D eigenvalue weighted by molar-refractivity contribution is 4.50. The molecular weight excluding hydrogens is 156 g/mol. The van der Waals surface area contributed by atoms with E-state index in [0.29, 0.717) is 0 Å². The second-order valence-corrected chi connectivity index (χ2v) is 2.13. The summed E-state index contributed by atoms with van der Waals surface area (Å²) in [4.78, 5) is 0. The number of aliphatic hydroxyl groups is 5. The zero-order chi connectivity index (χ0) is 8.91. The van der Waals surface area contributed by atoms with Gasteiger partial charge < -0.3 is 30.3 Å². The average Bonchev–Trinajstić information content (AvgIpc) is 1.85. The van der Waals surface area contributed by atoms with Gasteiger partial charge in [-0.2, -0.15) is 0 Å². The molecule has 1 unspecified atom stereocenters. The summed E-state index contributed by atoms with van der Waals surface area (Å²) < 4.78 is 4.39. The second kappa shape index (κ2) is 4.60. The maximum Gasteiger partial charge on any atom is 0.300 e. The van der Waals surface area contributed by atoms with Crippen LogP contribution >= 0.6 is 0 Å². The van der Waals surface area contributed by atoms with Gasteiger partial charge in [0.1, 0.15) is 12.7 Å². The number of rotatable bonds is 5. The molecule has 0 saturated carbocycles. The lowest BCUT2D eigenvalue weighted by atomic mass is 10.4. The Morgan fingerprint density at radius 1 is 1.27 bits per heavy atom. The lowest BCUT2D eigenvalue weighted by Crippen LogP contribution is -2.35. The summed E-state index contributed by atoms with van der Waals surface area (Å²) in [5.74, 6) is -2.88. The van der Waals surface area contributed by atoms with Crippen molar-refractivity contribution in [3.63, 3.8) is 0 Å². The molecule has 0 fully saturated rings. The summed E-state index contributed by atoms with van der Waals surface area (Å²) in [7, 11) is 0. The molecule has 68 valence electrons. The number of hydrogen-bond acceptors (Lipinski definition) is 6. The van der Waals surface area contributed by atoms with E-state index in [1.807, 2.05) is 0 Å². The molecule has 0 heterocycles. The van der Waals surface area contributed by atoms with Crippen LogP contribution in [-0.2, 0) is 4.74 Å². The van der Waals surface area contributed by atoms with E-state index in [4.69, 9.17) is 25.5 Å². The molecule has 0 aliphatic rings. The standard InChI is InChI=1S/C5H12O6/c6-1-4(7)2-11-3-5(8,9)10/h4,6-10H,1-3H2. The number of ether oxygens (including phenoxy) is 1. The molecule has 6 nitrogen and oxygen atoms in total. The summed E-state index contributed by atoms with van der Waals surface area (Å²) >= 11 is 0. The summed E-state index contributed by atoms with van der Waals surface area (Å²) in [6.45, 7) is -1.47. The van der Waals surface area contributed by atoms with Crippen LogP contribution in [-0.4, -0.2) is 57.4 Å². The highest BCUT2D eigenvalue weighted by Gasteiger charge is 2.18. The first-order valence-corrected chi connectivity index (χ1v) is 2.99. The summed E-state index contributed by atoms with van der Waals surface area (Å²) in [5, 5.41) is 41.6. The van der Waals surface area contributed by atoms with Crippen molar-refractivity contribution in [2.75, 3.05) is 19.8 Å². The van der Waals surface area contributed by atoms with Crippen LogP contribution in [0.2, 0.25) is 0 Å². The Bertz CT molecular complexity index is 97.6. The maximum absolute atomic E-state index is 8.63. The van der Waals surface area contributed by atoms with Crippen LogP contribution in [0, 0.1) is 0 Å². The highest BCUT2D eigenvalue weighted by Crippen LogP contribution is 1.93. The third kappa shape index (κ3) is 7.66. The predicted molar refractivity (Wildman–Crippen MR) is 33.3 cm³/mol. The van der Waals surface area contributed by atoms with E-state index < -0.39 is 25.3 Å². The molecule has 0 spiro atoms. The Morgan fingerprint density at radius 2 is 1.82 bits per heavy atom. The van der Waals surface area contributed by atoms with Gasteiger partial charge in [0.2, 0.25) is 0 Å². The molecule has 0 saturated heterocycles. The minimum atomic E-state index is -2.88. The van der Waals surface area contributed by atoms with Crippen LogP contribution in [0.5, 0.6) is 0 Å². The van der Waals surface area contributed by atoms with Crippen molar-refractivity contribution in [3.05, 3.63) is 0 Å². The highest BCUT2D eigenvalue weighted by atomic mass is 16.7. The van der Waals surface area contributed by atoms with Gasteiger partial charge >= 0.3 is 0 Å². The van der Waals surface area contributed by atoms with E-state index in [0.717, 1.165) is 0 Å². The lowest BCUT2D eigenvalue weighted by molar-refractivity contribution is -0.332. The fourth-order valence-electron chi connectivity index (χ4n) is 0.385. The Kier molecular flexibility index (Phi) is 4.50. The van der Waals surface area contributed by atoms with Gasteiger partial charge in [-0.1, -0.05) is 0 Å². The number of hydrogen-bond donors (Lipinski definition) is 5. The van der Waals surface area contributed by atoms with Crippen LogP contribution in [0.1, 0.15) is 0 Å². The summed E-state index contributed by atoms with van der Waals surface area (Å²) in [5.41, 5.74) is 0. The first-order chi connectivity index (χ1) is 4.95. The molecule has 0 amide bonds. The van der Waals surface area contributed by atoms with Crippen molar-refractivity contribution >= 4 is 0 Å². The molecule has 0 aromatic rings. The lowest BCUT2D eigenvalue weighted by Gasteiger charge is -2.15. The van der Waals surface area contributed by atoms with Crippen molar-refractivity contribution in [2.45, 2.75) is 12.1 Å². The Morgan fingerprint density at radius 3 is 2.18 bits per heavy atom. The first kappa shape index (κ1) is 10.8. The Labute approximate surface area is 63.3 Å².